The van der Waals surface area contributed by atoms with Crippen LogP contribution in [-0.4, -0.2) is 23.4 Å². The first kappa shape index (κ1) is 20.0. The first-order valence-electron chi connectivity index (χ1n) is 7.78. The van der Waals surface area contributed by atoms with Gasteiger partial charge in [-0.2, -0.15) is 0 Å². The fraction of sp³-hybridized carbons (Fsp3) is 0.158. The molecule has 0 amide bonds. The predicted molar refractivity (Wildman–Crippen MR) is 106 cm³/mol. The molecule has 2 aromatic rings. The number of hydrogen-bond donors (Lipinski definition) is 1. The molecule has 0 aliphatic carbocycles. The van der Waals surface area contributed by atoms with E-state index in [0.29, 0.717) is 20.8 Å². The highest BCUT2D eigenvalue weighted by molar-refractivity contribution is 9.12. The van der Waals surface area contributed by atoms with Crippen LogP contribution >= 0.6 is 27.5 Å². The number of halogens is 2. The van der Waals surface area contributed by atoms with Crippen molar-refractivity contribution in [3.63, 3.8) is 0 Å². The molecule has 0 spiro atoms. The van der Waals surface area contributed by atoms with Crippen molar-refractivity contribution in [2.45, 2.75) is 13.5 Å². The molecule has 0 saturated carbocycles. The average Bonchev–Trinajstić information content (AvgIpc) is 2.61. The van der Waals surface area contributed by atoms with Crippen molar-refractivity contribution in [3.8, 4) is 5.75 Å². The highest BCUT2D eigenvalue weighted by Crippen LogP contribution is 2.20. The van der Waals surface area contributed by atoms with Crippen molar-refractivity contribution in [2.75, 3.05) is 6.61 Å². The zero-order chi connectivity index (χ0) is 18.9. The third-order valence-electron chi connectivity index (χ3n) is 3.31. The third kappa shape index (κ3) is 5.89. The molecule has 2 rings (SSSR count). The van der Waals surface area contributed by atoms with E-state index >= 15 is 0 Å². The van der Waals surface area contributed by atoms with E-state index in [-0.39, 0.29) is 18.9 Å². The smallest absolute Gasteiger partial charge is 0.358 e. The monoisotopic (exact) mass is 437 g/mol. The second-order valence-corrected chi connectivity index (χ2v) is 6.83. The van der Waals surface area contributed by atoms with Crippen molar-refractivity contribution in [1.82, 2.24) is 0 Å². The first-order valence-corrected chi connectivity index (χ1v) is 8.95. The number of aliphatic carboxylic acids is 1. The summed E-state index contributed by atoms with van der Waals surface area (Å²) in [6.45, 7) is 2.22. The van der Waals surface area contributed by atoms with E-state index in [4.69, 9.17) is 21.2 Å². The number of oxime groups is 1. The molecule has 0 saturated heterocycles. The number of nitrogens with zero attached hydrogens (tertiary/aromatic N) is 1. The molecule has 0 fully saturated rings. The molecule has 0 atom stereocenters. The van der Waals surface area contributed by atoms with E-state index in [1.807, 2.05) is 30.3 Å². The van der Waals surface area contributed by atoms with Gasteiger partial charge in [-0.1, -0.05) is 53.2 Å². The molecular weight excluding hydrogens is 422 g/mol. The van der Waals surface area contributed by atoms with Crippen molar-refractivity contribution >= 4 is 45.3 Å². The van der Waals surface area contributed by atoms with Gasteiger partial charge in [-0.25, -0.2) is 4.79 Å². The van der Waals surface area contributed by atoms with Crippen molar-refractivity contribution < 1.29 is 19.5 Å². The van der Waals surface area contributed by atoms with Gasteiger partial charge in [-0.15, -0.1) is 0 Å². The number of carboxylic acids is 1. The second-order valence-electron chi connectivity index (χ2n) is 5.11. The van der Waals surface area contributed by atoms with Gasteiger partial charge in [0.1, 0.15) is 19.0 Å². The van der Waals surface area contributed by atoms with Gasteiger partial charge >= 0.3 is 5.97 Å². The molecule has 0 heterocycles. The molecule has 26 heavy (non-hydrogen) atoms. The summed E-state index contributed by atoms with van der Waals surface area (Å²) in [5, 5.41) is 13.1. The van der Waals surface area contributed by atoms with Gasteiger partial charge in [0.05, 0.1) is 3.94 Å². The van der Waals surface area contributed by atoms with E-state index in [2.05, 4.69) is 21.1 Å². The van der Waals surface area contributed by atoms with Gasteiger partial charge < -0.3 is 14.7 Å². The topological polar surface area (TPSA) is 68.1 Å². The lowest BCUT2D eigenvalue weighted by atomic mass is 10.0. The van der Waals surface area contributed by atoms with E-state index in [9.17, 15) is 9.90 Å². The quantitative estimate of drug-likeness (QED) is 0.464. The molecule has 2 aromatic carbocycles. The van der Waals surface area contributed by atoms with Crippen LogP contribution in [-0.2, 0) is 16.2 Å². The highest BCUT2D eigenvalue weighted by atomic mass is 79.9. The maximum Gasteiger partial charge on any atom is 0.358 e. The minimum atomic E-state index is -1.16. The minimum absolute atomic E-state index is 0.154. The van der Waals surface area contributed by atoms with Crippen LogP contribution in [0.3, 0.4) is 0 Å². The van der Waals surface area contributed by atoms with Gasteiger partial charge in [0.2, 0.25) is 0 Å². The van der Waals surface area contributed by atoms with Crippen LogP contribution in [0, 0.1) is 0 Å². The Balaban J connectivity index is 2.17. The predicted octanol–water partition coefficient (Wildman–Crippen LogP) is 5.02. The number of benzene rings is 2. The molecule has 0 bridgehead atoms. The summed E-state index contributed by atoms with van der Waals surface area (Å²) < 4.78 is 6.28. The summed E-state index contributed by atoms with van der Waals surface area (Å²) in [5.74, 6) is -0.505. The lowest BCUT2D eigenvalue weighted by Gasteiger charge is -2.11. The second kappa shape index (κ2) is 9.99. The Morgan fingerprint density at radius 3 is 2.54 bits per heavy atom. The van der Waals surface area contributed by atoms with E-state index in [1.54, 1.807) is 31.2 Å². The average molecular weight is 439 g/mol. The van der Waals surface area contributed by atoms with Crippen LogP contribution in [0.2, 0.25) is 0 Å². The maximum absolute atomic E-state index is 11.5. The minimum Gasteiger partial charge on any atom is -0.489 e. The SMILES string of the molecule is CCON=C(C(=O)O)c1ccccc1COc1ccc(C=C(Cl)Br)cc1. The van der Waals surface area contributed by atoms with Crippen LogP contribution in [0.1, 0.15) is 23.6 Å². The van der Waals surface area contributed by atoms with Crippen LogP contribution < -0.4 is 4.74 Å². The Morgan fingerprint density at radius 1 is 1.23 bits per heavy atom. The van der Waals surface area contributed by atoms with Gasteiger partial charge in [0.15, 0.2) is 5.71 Å². The Hall–Kier alpha value is -2.31. The molecule has 0 aliphatic heterocycles. The van der Waals surface area contributed by atoms with Gasteiger partial charge in [-0.05, 0) is 52.2 Å². The molecule has 136 valence electrons. The van der Waals surface area contributed by atoms with E-state index in [1.165, 1.54) is 0 Å². The van der Waals surface area contributed by atoms with Crippen molar-refractivity contribution in [1.29, 1.82) is 0 Å². The molecule has 1 N–H and O–H groups in total. The molecule has 0 aromatic heterocycles. The maximum atomic E-state index is 11.5. The first-order chi connectivity index (χ1) is 12.5. The Bertz CT molecular complexity index is 815. The van der Waals surface area contributed by atoms with Gasteiger partial charge in [0, 0.05) is 5.56 Å². The lowest BCUT2D eigenvalue weighted by Crippen LogP contribution is -2.18. The lowest BCUT2D eigenvalue weighted by molar-refractivity contribution is -0.129. The summed E-state index contributed by atoms with van der Waals surface area (Å²) >= 11 is 8.95. The highest BCUT2D eigenvalue weighted by Gasteiger charge is 2.17. The molecule has 7 heteroatoms. The van der Waals surface area contributed by atoms with Gasteiger partial charge in [-0.3, -0.25) is 0 Å². The van der Waals surface area contributed by atoms with Crippen molar-refractivity contribution in [2.24, 2.45) is 5.16 Å². The molecule has 5 nitrogen and oxygen atoms in total. The van der Waals surface area contributed by atoms with Crippen molar-refractivity contribution in [3.05, 3.63) is 69.2 Å². The molecule has 0 aliphatic rings. The third-order valence-corrected chi connectivity index (χ3v) is 3.65. The van der Waals surface area contributed by atoms with E-state index < -0.39 is 5.97 Å². The van der Waals surface area contributed by atoms with Crippen LogP contribution in [0.5, 0.6) is 5.75 Å². The Labute approximate surface area is 165 Å². The zero-order valence-electron chi connectivity index (χ0n) is 14.0. The zero-order valence-corrected chi connectivity index (χ0v) is 16.3. The largest absolute Gasteiger partial charge is 0.489 e. The summed E-state index contributed by atoms with van der Waals surface area (Å²) in [6, 6.07) is 14.4. The number of rotatable bonds is 8. The Kier molecular flexibility index (Phi) is 7.69. The fourth-order valence-corrected chi connectivity index (χ4v) is 2.55. The summed E-state index contributed by atoms with van der Waals surface area (Å²) in [5.41, 5.74) is 1.93. The number of carbonyl (C=O) groups is 1. The van der Waals surface area contributed by atoms with Crippen LogP contribution in [0.25, 0.3) is 6.08 Å². The standard InChI is InChI=1S/C19H17BrClNO4/c1-2-26-22-18(19(23)24)16-6-4-3-5-14(16)12-25-15-9-7-13(8-10-15)11-17(20)21/h3-11H,2,12H2,1H3,(H,23,24). The van der Waals surface area contributed by atoms with Gasteiger partial charge in [0.25, 0.3) is 0 Å². The Morgan fingerprint density at radius 2 is 1.92 bits per heavy atom. The van der Waals surface area contributed by atoms with E-state index in [0.717, 1.165) is 5.56 Å². The van der Waals surface area contributed by atoms with Crippen LogP contribution in [0.4, 0.5) is 0 Å². The van der Waals surface area contributed by atoms with Crippen LogP contribution in [0.15, 0.2) is 57.6 Å². The molecular formula is C19H17BrClNO4. The normalized spacial score (nSPS) is 12.0. The number of carboxylic acid groups (broad SMARTS) is 1. The molecule has 0 unspecified atom stereocenters. The summed E-state index contributed by atoms with van der Waals surface area (Å²) in [4.78, 5) is 16.4. The summed E-state index contributed by atoms with van der Waals surface area (Å²) in [6.07, 6.45) is 1.77. The number of ether oxygens (including phenoxy) is 1. The fourth-order valence-electron chi connectivity index (χ4n) is 2.16. The molecule has 0 radical (unpaired) electrons. The summed E-state index contributed by atoms with van der Waals surface area (Å²) in [7, 11) is 0. The number of hydrogen-bond acceptors (Lipinski definition) is 4.